The Hall–Kier alpha value is -2.41. The summed E-state index contributed by atoms with van der Waals surface area (Å²) >= 11 is 0. The average molecular weight is 348 g/mol. The Morgan fingerprint density at radius 1 is 1.32 bits per heavy atom. The molecule has 1 aromatic heterocycles. The highest BCUT2D eigenvalue weighted by Crippen LogP contribution is 2.11. The summed E-state index contributed by atoms with van der Waals surface area (Å²) in [5.74, 6) is 0.171. The molecule has 0 saturated heterocycles. The highest BCUT2D eigenvalue weighted by molar-refractivity contribution is 5.77. The van der Waals surface area contributed by atoms with E-state index in [1.807, 2.05) is 30.9 Å². The van der Waals surface area contributed by atoms with E-state index >= 15 is 0 Å². The topological polar surface area (TPSA) is 68.2 Å². The molecule has 0 spiro atoms. The number of rotatable bonds is 9. The van der Waals surface area contributed by atoms with Crippen LogP contribution in [-0.4, -0.2) is 41.4 Å². The van der Waals surface area contributed by atoms with Gasteiger partial charge in [-0.25, -0.2) is 4.39 Å². The number of benzene rings is 1. The van der Waals surface area contributed by atoms with Crippen molar-refractivity contribution in [2.45, 2.75) is 32.9 Å². The van der Waals surface area contributed by atoms with Crippen molar-refractivity contribution in [3.63, 3.8) is 0 Å². The molecule has 0 radical (unpaired) electrons. The van der Waals surface area contributed by atoms with Crippen molar-refractivity contribution in [2.75, 3.05) is 19.7 Å². The Kier molecular flexibility index (Phi) is 6.94. The van der Waals surface area contributed by atoms with E-state index in [2.05, 4.69) is 22.7 Å². The number of ether oxygens (including phenoxy) is 1. The van der Waals surface area contributed by atoms with Crippen LogP contribution in [0.3, 0.4) is 0 Å². The van der Waals surface area contributed by atoms with E-state index in [1.54, 1.807) is 12.1 Å². The fraction of sp³-hybridized carbons (Fsp3) is 0.444. The average Bonchev–Trinajstić information content (AvgIpc) is 3.04. The van der Waals surface area contributed by atoms with E-state index in [4.69, 9.17) is 4.74 Å². The molecule has 0 aliphatic carbocycles. The summed E-state index contributed by atoms with van der Waals surface area (Å²) in [4.78, 5) is 11.9. The van der Waals surface area contributed by atoms with E-state index in [0.29, 0.717) is 18.9 Å². The number of aryl methyl sites for hydroxylation is 1. The lowest BCUT2D eigenvalue weighted by Gasteiger charge is -2.21. The first kappa shape index (κ1) is 18.9. The summed E-state index contributed by atoms with van der Waals surface area (Å²) in [6.45, 7) is 7.01. The molecule has 25 heavy (non-hydrogen) atoms. The van der Waals surface area contributed by atoms with Gasteiger partial charge in [-0.15, -0.1) is 0 Å². The predicted octanol–water partition coefficient (Wildman–Crippen LogP) is 2.06. The minimum atomic E-state index is -0.305. The standard InChI is InChI=1S/C18H25FN4O2/c1-13-10-22-23(12-13)15(3)14(2)21-11-18(24)20-8-9-25-17-6-4-16(19)5-7-17/h4-7,10,12,14-15,21H,8-9,11H2,1-3H3,(H,20,24)/t14-,15-/m1/s1. The van der Waals surface area contributed by atoms with Crippen LogP contribution in [-0.2, 0) is 4.79 Å². The minimum Gasteiger partial charge on any atom is -0.492 e. The van der Waals surface area contributed by atoms with E-state index in [1.165, 1.54) is 12.1 Å². The molecule has 136 valence electrons. The van der Waals surface area contributed by atoms with Crippen LogP contribution in [0.25, 0.3) is 0 Å². The van der Waals surface area contributed by atoms with Crippen molar-refractivity contribution in [1.29, 1.82) is 0 Å². The monoisotopic (exact) mass is 348 g/mol. The first-order valence-corrected chi connectivity index (χ1v) is 8.35. The van der Waals surface area contributed by atoms with Crippen molar-refractivity contribution in [3.8, 4) is 5.75 Å². The van der Waals surface area contributed by atoms with Crippen LogP contribution in [0.2, 0.25) is 0 Å². The molecule has 1 amide bonds. The summed E-state index contributed by atoms with van der Waals surface area (Å²) in [5.41, 5.74) is 1.11. The first-order chi connectivity index (χ1) is 12.0. The Balaban J connectivity index is 1.62. The number of carbonyl (C=O) groups excluding carboxylic acids is 1. The third-order valence-corrected chi connectivity index (χ3v) is 3.96. The molecule has 2 aromatic rings. The number of aromatic nitrogens is 2. The van der Waals surface area contributed by atoms with Gasteiger partial charge < -0.3 is 15.4 Å². The summed E-state index contributed by atoms with van der Waals surface area (Å²) in [6.07, 6.45) is 3.80. The van der Waals surface area contributed by atoms with Gasteiger partial charge in [-0.3, -0.25) is 9.48 Å². The second-order valence-corrected chi connectivity index (χ2v) is 6.06. The molecule has 2 rings (SSSR count). The van der Waals surface area contributed by atoms with Gasteiger partial charge in [-0.1, -0.05) is 0 Å². The lowest BCUT2D eigenvalue weighted by molar-refractivity contribution is -0.120. The van der Waals surface area contributed by atoms with E-state index in [9.17, 15) is 9.18 Å². The number of amides is 1. The molecule has 0 fully saturated rings. The largest absolute Gasteiger partial charge is 0.492 e. The zero-order chi connectivity index (χ0) is 18.2. The maximum Gasteiger partial charge on any atom is 0.234 e. The van der Waals surface area contributed by atoms with Crippen LogP contribution in [0, 0.1) is 12.7 Å². The van der Waals surface area contributed by atoms with E-state index in [-0.39, 0.29) is 30.4 Å². The van der Waals surface area contributed by atoms with Crippen molar-refractivity contribution in [1.82, 2.24) is 20.4 Å². The third kappa shape index (κ3) is 6.19. The van der Waals surface area contributed by atoms with Crippen molar-refractivity contribution in [3.05, 3.63) is 48.0 Å². The number of nitrogens with one attached hydrogen (secondary N) is 2. The van der Waals surface area contributed by atoms with Crippen LogP contribution in [0.15, 0.2) is 36.7 Å². The zero-order valence-corrected chi connectivity index (χ0v) is 14.8. The Morgan fingerprint density at radius 2 is 2.04 bits per heavy atom. The molecular weight excluding hydrogens is 323 g/mol. The number of hydrogen-bond acceptors (Lipinski definition) is 4. The van der Waals surface area contributed by atoms with Crippen LogP contribution < -0.4 is 15.4 Å². The highest BCUT2D eigenvalue weighted by Gasteiger charge is 2.15. The van der Waals surface area contributed by atoms with Crippen LogP contribution in [0.1, 0.15) is 25.5 Å². The SMILES string of the molecule is Cc1cnn([C@H](C)[C@@H](C)NCC(=O)NCCOc2ccc(F)cc2)c1. The second kappa shape index (κ2) is 9.17. The van der Waals surface area contributed by atoms with Crippen molar-refractivity contribution >= 4 is 5.91 Å². The summed E-state index contributed by atoms with van der Waals surface area (Å²) in [7, 11) is 0. The number of nitrogens with zero attached hydrogens (tertiary/aromatic N) is 2. The van der Waals surface area contributed by atoms with Gasteiger partial charge in [0.15, 0.2) is 0 Å². The van der Waals surface area contributed by atoms with Gasteiger partial charge in [0.1, 0.15) is 18.2 Å². The lowest BCUT2D eigenvalue weighted by Crippen LogP contribution is -2.42. The van der Waals surface area contributed by atoms with Gasteiger partial charge in [0, 0.05) is 12.2 Å². The number of hydrogen-bond donors (Lipinski definition) is 2. The molecule has 0 aliphatic heterocycles. The van der Waals surface area contributed by atoms with Crippen LogP contribution in [0.5, 0.6) is 5.75 Å². The minimum absolute atomic E-state index is 0.0977. The lowest BCUT2D eigenvalue weighted by atomic mass is 10.2. The molecule has 0 saturated carbocycles. The molecule has 2 atom stereocenters. The van der Waals surface area contributed by atoms with Crippen molar-refractivity contribution in [2.24, 2.45) is 0 Å². The molecule has 0 aliphatic rings. The van der Waals surface area contributed by atoms with Gasteiger partial charge in [0.05, 0.1) is 25.3 Å². The quantitative estimate of drug-likeness (QED) is 0.681. The highest BCUT2D eigenvalue weighted by atomic mass is 19.1. The zero-order valence-electron chi connectivity index (χ0n) is 14.8. The summed E-state index contributed by atoms with van der Waals surface area (Å²) in [5, 5.41) is 10.3. The number of carbonyl (C=O) groups is 1. The van der Waals surface area contributed by atoms with Gasteiger partial charge in [0.2, 0.25) is 5.91 Å². The molecule has 6 nitrogen and oxygen atoms in total. The normalized spacial score (nSPS) is 13.3. The molecule has 1 aromatic carbocycles. The molecular formula is C18H25FN4O2. The third-order valence-electron chi connectivity index (χ3n) is 3.96. The number of halogens is 1. The second-order valence-electron chi connectivity index (χ2n) is 6.06. The maximum atomic E-state index is 12.8. The van der Waals surface area contributed by atoms with E-state index in [0.717, 1.165) is 5.56 Å². The van der Waals surface area contributed by atoms with Gasteiger partial charge in [0.25, 0.3) is 0 Å². The molecule has 1 heterocycles. The fourth-order valence-electron chi connectivity index (χ4n) is 2.26. The Labute approximate surface area is 147 Å². The Bertz CT molecular complexity index is 672. The molecule has 0 unspecified atom stereocenters. The smallest absolute Gasteiger partial charge is 0.234 e. The molecule has 0 bridgehead atoms. The van der Waals surface area contributed by atoms with E-state index < -0.39 is 0 Å². The van der Waals surface area contributed by atoms with Crippen LogP contribution in [0.4, 0.5) is 4.39 Å². The first-order valence-electron chi connectivity index (χ1n) is 8.35. The van der Waals surface area contributed by atoms with Gasteiger partial charge in [-0.05, 0) is 50.6 Å². The Morgan fingerprint density at radius 3 is 2.68 bits per heavy atom. The molecule has 2 N–H and O–H groups in total. The summed E-state index contributed by atoms with van der Waals surface area (Å²) in [6, 6.07) is 6.02. The summed E-state index contributed by atoms with van der Waals surface area (Å²) < 4.78 is 20.1. The maximum absolute atomic E-state index is 12.8. The van der Waals surface area contributed by atoms with Gasteiger partial charge in [-0.2, -0.15) is 5.10 Å². The molecule has 7 heteroatoms. The van der Waals surface area contributed by atoms with Crippen LogP contribution >= 0.6 is 0 Å². The van der Waals surface area contributed by atoms with Crippen molar-refractivity contribution < 1.29 is 13.9 Å². The van der Waals surface area contributed by atoms with Gasteiger partial charge >= 0.3 is 0 Å². The fourth-order valence-corrected chi connectivity index (χ4v) is 2.26. The predicted molar refractivity (Wildman–Crippen MR) is 94.0 cm³/mol.